The number of rotatable bonds is 3. The minimum absolute atomic E-state index is 0.199. The summed E-state index contributed by atoms with van der Waals surface area (Å²) < 4.78 is 36.5. The smallest absolute Gasteiger partial charge is 0.404 e. The molecule has 0 spiro atoms. The Morgan fingerprint density at radius 1 is 1.33 bits per heavy atom. The number of nitrogens with zero attached hydrogens (tertiary/aromatic N) is 4. The number of benzene rings is 1. The molecule has 0 amide bonds. The van der Waals surface area contributed by atoms with Gasteiger partial charge in [0.15, 0.2) is 5.82 Å². The molecule has 2 aliphatic rings. The van der Waals surface area contributed by atoms with E-state index in [2.05, 4.69) is 10.1 Å². The second-order valence-electron chi connectivity index (χ2n) is 6.83. The number of aliphatic hydroxyl groups is 1. The topological polar surface area (TPSA) is 154 Å². The number of nitrogens with two attached hydrogens (primary N) is 1. The molecule has 2 fully saturated rings. The van der Waals surface area contributed by atoms with Crippen LogP contribution in [-0.4, -0.2) is 44.6 Å². The summed E-state index contributed by atoms with van der Waals surface area (Å²) in [4.78, 5) is 3.91. The number of ether oxygens (including phenoxy) is 1. The summed E-state index contributed by atoms with van der Waals surface area (Å²) in [5.74, 6) is 0.485. The van der Waals surface area contributed by atoms with E-state index in [4.69, 9.17) is 24.0 Å². The number of hydrogen-bond donors (Lipinski definition) is 2. The Hall–Kier alpha value is -3.00. The van der Waals surface area contributed by atoms with Crippen molar-refractivity contribution in [2.24, 2.45) is 0 Å². The lowest BCUT2D eigenvalue weighted by atomic mass is 9.92. The summed E-state index contributed by atoms with van der Waals surface area (Å²) >= 11 is 0. The minimum atomic E-state index is -4.04. The zero-order chi connectivity index (χ0) is 20.9. The van der Waals surface area contributed by atoms with Crippen LogP contribution in [0.2, 0.25) is 0 Å². The van der Waals surface area contributed by atoms with E-state index < -0.39 is 31.7 Å². The normalized spacial score (nSPS) is 33.1. The average Bonchev–Trinajstić information content (AvgIpc) is 3.30. The van der Waals surface area contributed by atoms with Gasteiger partial charge in [0.05, 0.1) is 12.3 Å². The Bertz CT molecular complexity index is 1200. The van der Waals surface area contributed by atoms with E-state index in [1.165, 1.54) is 10.8 Å². The van der Waals surface area contributed by atoms with Gasteiger partial charge in [0.1, 0.15) is 42.0 Å². The lowest BCUT2D eigenvalue weighted by molar-refractivity contribution is -0.0735. The van der Waals surface area contributed by atoms with Gasteiger partial charge in [-0.15, -0.1) is 0 Å². The van der Waals surface area contributed by atoms with Gasteiger partial charge in [-0.3, -0.25) is 9.05 Å². The summed E-state index contributed by atoms with van der Waals surface area (Å²) in [5, 5.41) is 25.1. The number of nitrogen functional groups attached to an aromatic ring is 1. The third-order valence-electron chi connectivity index (χ3n) is 5.07. The monoisotopic (exact) mass is 429 g/mol. The van der Waals surface area contributed by atoms with Crippen molar-refractivity contribution in [3.63, 3.8) is 0 Å². The van der Waals surface area contributed by atoms with E-state index in [0.29, 0.717) is 5.52 Å². The predicted octanol–water partition coefficient (Wildman–Crippen LogP) is 1.39. The van der Waals surface area contributed by atoms with Crippen molar-refractivity contribution in [1.82, 2.24) is 14.6 Å². The maximum atomic E-state index is 13.0. The minimum Gasteiger partial charge on any atom is -0.404 e. The third kappa shape index (κ3) is 2.78. The van der Waals surface area contributed by atoms with Crippen LogP contribution in [0.5, 0.6) is 5.75 Å². The van der Waals surface area contributed by atoms with Crippen LogP contribution in [0.3, 0.4) is 0 Å². The molecule has 0 saturated carbocycles. The highest BCUT2D eigenvalue weighted by molar-refractivity contribution is 7.49. The van der Waals surface area contributed by atoms with Gasteiger partial charge in [-0.1, -0.05) is 18.2 Å². The highest BCUT2D eigenvalue weighted by Gasteiger charge is 2.62. The molecule has 5 rings (SSSR count). The number of fused-ring (bicyclic) bond motifs is 2. The number of anilines is 1. The molecule has 1 aromatic carbocycles. The van der Waals surface area contributed by atoms with Crippen LogP contribution in [0.1, 0.15) is 5.69 Å². The Labute approximate surface area is 170 Å². The van der Waals surface area contributed by atoms with E-state index in [0.717, 1.165) is 0 Å². The predicted molar refractivity (Wildman–Crippen MR) is 101 cm³/mol. The molecule has 5 atom stereocenters. The Kier molecular flexibility index (Phi) is 4.28. The number of nitriles is 1. The van der Waals surface area contributed by atoms with Crippen LogP contribution in [-0.2, 0) is 24.0 Å². The van der Waals surface area contributed by atoms with Crippen LogP contribution in [0.15, 0.2) is 48.8 Å². The Balaban J connectivity index is 1.49. The molecule has 11 nitrogen and oxygen atoms in total. The van der Waals surface area contributed by atoms with Gasteiger partial charge in [0.2, 0.25) is 5.60 Å². The van der Waals surface area contributed by atoms with Crippen molar-refractivity contribution in [3.8, 4) is 11.8 Å². The second kappa shape index (κ2) is 6.77. The number of phosphoric acid groups is 1. The molecule has 0 bridgehead atoms. The first-order valence-corrected chi connectivity index (χ1v) is 10.5. The summed E-state index contributed by atoms with van der Waals surface area (Å²) in [6, 6.07) is 13.6. The van der Waals surface area contributed by atoms with Crippen molar-refractivity contribution in [2.45, 2.75) is 23.9 Å². The zero-order valence-electron chi connectivity index (χ0n) is 15.4. The van der Waals surface area contributed by atoms with Crippen LogP contribution in [0.4, 0.5) is 5.82 Å². The highest BCUT2D eigenvalue weighted by atomic mass is 31.2. The van der Waals surface area contributed by atoms with Crippen LogP contribution in [0, 0.1) is 11.3 Å². The zero-order valence-corrected chi connectivity index (χ0v) is 16.3. The molecule has 30 heavy (non-hydrogen) atoms. The second-order valence-corrected chi connectivity index (χ2v) is 8.37. The van der Waals surface area contributed by atoms with Crippen molar-refractivity contribution >= 4 is 19.2 Å². The van der Waals surface area contributed by atoms with Crippen LogP contribution in [0.25, 0.3) is 5.52 Å². The first-order valence-electron chi connectivity index (χ1n) is 8.99. The average molecular weight is 429 g/mol. The standard InChI is InChI=1S/C18H16N5O6P/c19-9-18(14-7-6-12-17(20)21-10-22-23(12)14)16(24)15-13(27-18)8-26-30(25,29-15)28-11-4-2-1-3-5-11/h1-7,10,13,15-16,24H,8H2,(H2,20,21,22)/t13-,15-,16-,18+,30-/m1/s1. The van der Waals surface area contributed by atoms with Gasteiger partial charge in [-0.25, -0.2) is 14.1 Å². The van der Waals surface area contributed by atoms with Gasteiger partial charge in [0, 0.05) is 0 Å². The summed E-state index contributed by atoms with van der Waals surface area (Å²) in [5.41, 5.74) is 4.69. The fraction of sp³-hybridized carbons (Fsp3) is 0.278. The molecule has 0 aliphatic carbocycles. The Morgan fingerprint density at radius 3 is 2.90 bits per heavy atom. The molecule has 3 aromatic rings. The molecular formula is C18H16N5O6P. The quantitative estimate of drug-likeness (QED) is 0.584. The number of hydrogen-bond acceptors (Lipinski definition) is 10. The van der Waals surface area contributed by atoms with Crippen molar-refractivity contribution in [2.75, 3.05) is 12.3 Å². The molecule has 2 aromatic heterocycles. The number of phosphoric ester groups is 1. The fourth-order valence-corrected chi connectivity index (χ4v) is 5.08. The lowest BCUT2D eigenvalue weighted by Crippen LogP contribution is -2.43. The van der Waals surface area contributed by atoms with Gasteiger partial charge in [-0.2, -0.15) is 10.4 Å². The van der Waals surface area contributed by atoms with Gasteiger partial charge in [0.25, 0.3) is 0 Å². The number of aliphatic hydroxyl groups excluding tert-OH is 1. The molecule has 154 valence electrons. The van der Waals surface area contributed by atoms with Gasteiger partial charge >= 0.3 is 7.82 Å². The summed E-state index contributed by atoms with van der Waals surface area (Å²) in [7, 11) is -4.04. The van der Waals surface area contributed by atoms with Gasteiger partial charge in [-0.05, 0) is 24.3 Å². The molecule has 0 unspecified atom stereocenters. The first kappa shape index (κ1) is 19.0. The van der Waals surface area contributed by atoms with Crippen molar-refractivity contribution in [3.05, 3.63) is 54.5 Å². The van der Waals surface area contributed by atoms with Crippen molar-refractivity contribution < 1.29 is 28.0 Å². The van der Waals surface area contributed by atoms with Gasteiger partial charge < -0.3 is 20.1 Å². The van der Waals surface area contributed by atoms with Crippen LogP contribution >= 0.6 is 7.82 Å². The molecule has 4 heterocycles. The van der Waals surface area contributed by atoms with E-state index in [-0.39, 0.29) is 23.9 Å². The fourth-order valence-electron chi connectivity index (χ4n) is 3.66. The third-order valence-corrected chi connectivity index (χ3v) is 6.47. The van der Waals surface area contributed by atoms with E-state index in [9.17, 15) is 14.9 Å². The molecular weight excluding hydrogens is 413 g/mol. The molecule has 2 saturated heterocycles. The SMILES string of the molecule is N#C[C@@]1(c2ccc3c(N)ncnn23)O[C@@H]2CO[P@](=O)(Oc3ccccc3)O[C@H]2[C@H]1O. The first-order chi connectivity index (χ1) is 14.5. The maximum Gasteiger partial charge on any atom is 0.530 e. The van der Waals surface area contributed by atoms with Crippen LogP contribution < -0.4 is 10.3 Å². The number of para-hydroxylation sites is 1. The molecule has 0 radical (unpaired) electrons. The molecule has 12 heteroatoms. The largest absolute Gasteiger partial charge is 0.530 e. The molecule has 3 N–H and O–H groups in total. The van der Waals surface area contributed by atoms with E-state index in [1.807, 2.05) is 6.07 Å². The maximum absolute atomic E-state index is 13.0. The number of aromatic nitrogens is 3. The summed E-state index contributed by atoms with van der Waals surface area (Å²) in [6.45, 7) is -0.199. The van der Waals surface area contributed by atoms with E-state index >= 15 is 0 Å². The summed E-state index contributed by atoms with van der Waals surface area (Å²) in [6.07, 6.45) is -2.26. The highest BCUT2D eigenvalue weighted by Crippen LogP contribution is 2.57. The molecule has 2 aliphatic heterocycles. The Morgan fingerprint density at radius 2 is 2.13 bits per heavy atom. The van der Waals surface area contributed by atoms with Crippen molar-refractivity contribution in [1.29, 1.82) is 5.26 Å². The lowest BCUT2D eigenvalue weighted by Gasteiger charge is -2.30. The van der Waals surface area contributed by atoms with E-state index in [1.54, 1.807) is 42.5 Å².